The van der Waals surface area contributed by atoms with Crippen molar-refractivity contribution in [2.45, 2.75) is 18.4 Å². The van der Waals surface area contributed by atoms with Crippen molar-refractivity contribution in [3.63, 3.8) is 0 Å². The number of halogens is 1. The first-order valence-corrected chi connectivity index (χ1v) is 6.96. The maximum Gasteiger partial charge on any atom is 0.223 e. The number of carbonyl (C=O) groups is 1. The SMILES string of the molecule is O=C(NCC1COCCO1)C1CC1c1cccc(F)c1. The van der Waals surface area contributed by atoms with Crippen molar-refractivity contribution < 1.29 is 18.7 Å². The maximum absolute atomic E-state index is 13.1. The number of ether oxygens (including phenoxy) is 2. The van der Waals surface area contributed by atoms with Gasteiger partial charge in [0.05, 0.1) is 25.9 Å². The van der Waals surface area contributed by atoms with Crippen LogP contribution in [0.25, 0.3) is 0 Å². The van der Waals surface area contributed by atoms with E-state index in [4.69, 9.17) is 9.47 Å². The summed E-state index contributed by atoms with van der Waals surface area (Å²) in [5, 5.41) is 2.89. The smallest absolute Gasteiger partial charge is 0.223 e. The van der Waals surface area contributed by atoms with E-state index < -0.39 is 0 Å². The molecule has 0 aromatic heterocycles. The zero-order valence-corrected chi connectivity index (χ0v) is 11.2. The normalized spacial score (nSPS) is 28.9. The maximum atomic E-state index is 13.1. The Morgan fingerprint density at radius 1 is 1.40 bits per heavy atom. The highest BCUT2D eigenvalue weighted by molar-refractivity contribution is 5.82. The van der Waals surface area contributed by atoms with Gasteiger partial charge in [0.1, 0.15) is 5.82 Å². The third-order valence-electron chi connectivity index (χ3n) is 3.79. The Kier molecular flexibility index (Phi) is 3.98. The fourth-order valence-electron chi connectivity index (χ4n) is 2.59. The molecule has 1 aliphatic heterocycles. The second-order valence-electron chi connectivity index (χ2n) is 5.32. The third kappa shape index (κ3) is 3.16. The summed E-state index contributed by atoms with van der Waals surface area (Å²) in [6, 6.07) is 6.49. The van der Waals surface area contributed by atoms with Crippen LogP contribution in [0.15, 0.2) is 24.3 Å². The number of hydrogen-bond acceptors (Lipinski definition) is 3. The lowest BCUT2D eigenvalue weighted by atomic mass is 10.1. The van der Waals surface area contributed by atoms with Gasteiger partial charge in [0.2, 0.25) is 5.91 Å². The summed E-state index contributed by atoms with van der Waals surface area (Å²) in [7, 11) is 0. The summed E-state index contributed by atoms with van der Waals surface area (Å²) < 4.78 is 23.9. The van der Waals surface area contributed by atoms with Crippen molar-refractivity contribution in [1.29, 1.82) is 0 Å². The lowest BCUT2D eigenvalue weighted by Crippen LogP contribution is -2.40. The van der Waals surface area contributed by atoms with Gasteiger partial charge in [-0.25, -0.2) is 4.39 Å². The quantitative estimate of drug-likeness (QED) is 0.907. The molecule has 0 bridgehead atoms. The summed E-state index contributed by atoms with van der Waals surface area (Å²) >= 11 is 0. The molecule has 1 aromatic rings. The van der Waals surface area contributed by atoms with Gasteiger partial charge < -0.3 is 14.8 Å². The highest BCUT2D eigenvalue weighted by atomic mass is 19.1. The van der Waals surface area contributed by atoms with E-state index in [1.165, 1.54) is 12.1 Å². The minimum atomic E-state index is -0.249. The molecule has 3 unspecified atom stereocenters. The van der Waals surface area contributed by atoms with Gasteiger partial charge in [0, 0.05) is 12.5 Å². The van der Waals surface area contributed by atoms with Crippen LogP contribution in [0.4, 0.5) is 4.39 Å². The molecule has 1 saturated heterocycles. The Morgan fingerprint density at radius 3 is 3.05 bits per heavy atom. The van der Waals surface area contributed by atoms with Gasteiger partial charge in [-0.2, -0.15) is 0 Å². The summed E-state index contributed by atoms with van der Waals surface area (Å²) in [4.78, 5) is 12.0. The molecule has 1 N–H and O–H groups in total. The second kappa shape index (κ2) is 5.89. The minimum Gasteiger partial charge on any atom is -0.376 e. The lowest BCUT2D eigenvalue weighted by molar-refractivity contribution is -0.125. The summed E-state index contributed by atoms with van der Waals surface area (Å²) in [5.74, 6) is -0.120. The van der Waals surface area contributed by atoms with Crippen molar-refractivity contribution in [2.75, 3.05) is 26.4 Å². The van der Waals surface area contributed by atoms with Gasteiger partial charge in [-0.3, -0.25) is 4.79 Å². The highest BCUT2D eigenvalue weighted by Crippen LogP contribution is 2.47. The van der Waals surface area contributed by atoms with E-state index in [2.05, 4.69) is 5.32 Å². The van der Waals surface area contributed by atoms with Gasteiger partial charge in [-0.05, 0) is 30.0 Å². The van der Waals surface area contributed by atoms with E-state index in [0.29, 0.717) is 26.4 Å². The predicted octanol–water partition coefficient (Wildman–Crippen LogP) is 1.46. The molecule has 1 aliphatic carbocycles. The van der Waals surface area contributed by atoms with E-state index >= 15 is 0 Å². The van der Waals surface area contributed by atoms with Gasteiger partial charge in [0.15, 0.2) is 0 Å². The number of rotatable bonds is 4. The topological polar surface area (TPSA) is 47.6 Å². The molecule has 1 heterocycles. The average Bonchev–Trinajstić information content (AvgIpc) is 3.26. The lowest BCUT2D eigenvalue weighted by Gasteiger charge is -2.23. The third-order valence-corrected chi connectivity index (χ3v) is 3.79. The largest absolute Gasteiger partial charge is 0.376 e. The molecule has 1 aromatic carbocycles. The summed E-state index contributed by atoms with van der Waals surface area (Å²) in [5.41, 5.74) is 0.905. The van der Waals surface area contributed by atoms with Crippen LogP contribution >= 0.6 is 0 Å². The van der Waals surface area contributed by atoms with E-state index in [1.807, 2.05) is 6.07 Å². The Bertz CT molecular complexity index is 488. The summed E-state index contributed by atoms with van der Waals surface area (Å²) in [6.07, 6.45) is 0.733. The van der Waals surface area contributed by atoms with Crippen molar-refractivity contribution in [1.82, 2.24) is 5.32 Å². The van der Waals surface area contributed by atoms with E-state index in [9.17, 15) is 9.18 Å². The molecule has 2 fully saturated rings. The van der Waals surface area contributed by atoms with Gasteiger partial charge in [-0.15, -0.1) is 0 Å². The van der Waals surface area contributed by atoms with Gasteiger partial charge in [0.25, 0.3) is 0 Å². The summed E-state index contributed by atoms with van der Waals surface area (Å²) in [6.45, 7) is 2.20. The van der Waals surface area contributed by atoms with Crippen LogP contribution in [0.2, 0.25) is 0 Å². The minimum absolute atomic E-state index is 0.0217. The van der Waals surface area contributed by atoms with Crippen LogP contribution in [0, 0.1) is 11.7 Å². The zero-order valence-electron chi connectivity index (χ0n) is 11.2. The van der Waals surface area contributed by atoms with Crippen LogP contribution in [0.5, 0.6) is 0 Å². The molecule has 3 rings (SSSR count). The molecule has 3 atom stereocenters. The Hall–Kier alpha value is -1.46. The Morgan fingerprint density at radius 2 is 2.30 bits per heavy atom. The molecular formula is C15H18FNO3. The van der Waals surface area contributed by atoms with Crippen LogP contribution < -0.4 is 5.32 Å². The van der Waals surface area contributed by atoms with Gasteiger partial charge >= 0.3 is 0 Å². The zero-order chi connectivity index (χ0) is 13.9. The van der Waals surface area contributed by atoms with Crippen LogP contribution in [0.3, 0.4) is 0 Å². The molecule has 20 heavy (non-hydrogen) atoms. The molecule has 108 valence electrons. The van der Waals surface area contributed by atoms with Crippen LogP contribution in [-0.4, -0.2) is 38.4 Å². The molecule has 1 amide bonds. The van der Waals surface area contributed by atoms with Crippen LogP contribution in [-0.2, 0) is 14.3 Å². The number of nitrogens with one attached hydrogen (secondary N) is 1. The molecule has 1 saturated carbocycles. The second-order valence-corrected chi connectivity index (χ2v) is 5.32. The molecule has 0 radical (unpaired) electrons. The fraction of sp³-hybridized carbons (Fsp3) is 0.533. The fourth-order valence-corrected chi connectivity index (χ4v) is 2.59. The van der Waals surface area contributed by atoms with Crippen molar-refractivity contribution in [3.8, 4) is 0 Å². The first-order valence-electron chi connectivity index (χ1n) is 6.96. The average molecular weight is 279 g/mol. The van der Waals surface area contributed by atoms with Crippen molar-refractivity contribution in [3.05, 3.63) is 35.6 Å². The Labute approximate surface area is 117 Å². The van der Waals surface area contributed by atoms with E-state index in [0.717, 1.165) is 12.0 Å². The highest BCUT2D eigenvalue weighted by Gasteiger charge is 2.44. The molecule has 0 spiro atoms. The molecule has 4 nitrogen and oxygen atoms in total. The first-order chi connectivity index (χ1) is 9.74. The number of amides is 1. The van der Waals surface area contributed by atoms with Crippen molar-refractivity contribution in [2.24, 2.45) is 5.92 Å². The Balaban J connectivity index is 1.47. The van der Waals surface area contributed by atoms with Gasteiger partial charge in [-0.1, -0.05) is 12.1 Å². The van der Waals surface area contributed by atoms with E-state index in [1.54, 1.807) is 6.07 Å². The van der Waals surface area contributed by atoms with Crippen molar-refractivity contribution >= 4 is 5.91 Å². The number of hydrogen-bond donors (Lipinski definition) is 1. The molecule has 5 heteroatoms. The standard InChI is InChI=1S/C15H18FNO3/c16-11-3-1-2-10(6-11)13-7-14(13)15(18)17-8-12-9-19-4-5-20-12/h1-3,6,12-14H,4-5,7-9H2,(H,17,18). The number of benzene rings is 1. The molecule has 2 aliphatic rings. The predicted molar refractivity (Wildman–Crippen MR) is 70.8 cm³/mol. The first kappa shape index (κ1) is 13.5. The van der Waals surface area contributed by atoms with E-state index in [-0.39, 0.29) is 29.7 Å². The molecular weight excluding hydrogens is 261 g/mol. The monoisotopic (exact) mass is 279 g/mol. The number of carbonyl (C=O) groups excluding carboxylic acids is 1. The van der Waals surface area contributed by atoms with Crippen LogP contribution in [0.1, 0.15) is 17.9 Å².